The summed E-state index contributed by atoms with van der Waals surface area (Å²) in [6.45, 7) is 4.01. The number of aromatic nitrogens is 3. The Morgan fingerprint density at radius 1 is 1.40 bits per heavy atom. The molecule has 0 bridgehead atoms. The van der Waals surface area contributed by atoms with Crippen LogP contribution in [0.5, 0.6) is 0 Å². The Morgan fingerprint density at radius 3 is 2.70 bits per heavy atom. The van der Waals surface area contributed by atoms with E-state index >= 15 is 0 Å². The molecule has 1 heterocycles. The van der Waals surface area contributed by atoms with Crippen LogP contribution in [0.3, 0.4) is 0 Å². The highest BCUT2D eigenvalue weighted by Crippen LogP contribution is 2.30. The van der Waals surface area contributed by atoms with Crippen molar-refractivity contribution in [2.75, 3.05) is 0 Å². The van der Waals surface area contributed by atoms with Gasteiger partial charge in [-0.25, -0.2) is 0 Å². The SMILES string of the molecule is CCC(N)Cc1ccc(Sc2nnc(C)n2C)cc1Cl. The molecule has 1 atom stereocenters. The van der Waals surface area contributed by atoms with Crippen molar-refractivity contribution in [3.8, 4) is 0 Å². The summed E-state index contributed by atoms with van der Waals surface area (Å²) in [6, 6.07) is 6.22. The van der Waals surface area contributed by atoms with Crippen molar-refractivity contribution in [1.82, 2.24) is 14.8 Å². The molecule has 0 aliphatic carbocycles. The van der Waals surface area contributed by atoms with E-state index in [0.717, 1.165) is 39.3 Å². The molecule has 0 aliphatic heterocycles. The second-order valence-electron chi connectivity index (χ2n) is 4.82. The number of aryl methyl sites for hydroxylation is 1. The fraction of sp³-hybridized carbons (Fsp3) is 0.429. The van der Waals surface area contributed by atoms with Crippen LogP contribution in [0.2, 0.25) is 5.02 Å². The Morgan fingerprint density at radius 2 is 2.15 bits per heavy atom. The quantitative estimate of drug-likeness (QED) is 0.921. The molecule has 0 radical (unpaired) electrons. The van der Waals surface area contributed by atoms with Crippen LogP contribution in [-0.2, 0) is 13.5 Å². The van der Waals surface area contributed by atoms with E-state index in [4.69, 9.17) is 17.3 Å². The highest BCUT2D eigenvalue weighted by molar-refractivity contribution is 7.99. The normalized spacial score (nSPS) is 12.7. The Bertz CT molecular complexity index is 597. The molecule has 1 aromatic carbocycles. The van der Waals surface area contributed by atoms with Crippen molar-refractivity contribution in [2.24, 2.45) is 12.8 Å². The van der Waals surface area contributed by atoms with Crippen LogP contribution in [-0.4, -0.2) is 20.8 Å². The van der Waals surface area contributed by atoms with E-state index in [0.29, 0.717) is 0 Å². The molecule has 4 nitrogen and oxygen atoms in total. The molecule has 0 aliphatic rings. The maximum Gasteiger partial charge on any atom is 0.195 e. The van der Waals surface area contributed by atoms with Gasteiger partial charge < -0.3 is 10.3 Å². The van der Waals surface area contributed by atoms with Gasteiger partial charge in [0.05, 0.1) is 0 Å². The third-order valence-corrected chi connectivity index (χ3v) is 4.67. The van der Waals surface area contributed by atoms with Gasteiger partial charge in [0.2, 0.25) is 0 Å². The Labute approximate surface area is 128 Å². The summed E-state index contributed by atoms with van der Waals surface area (Å²) in [5, 5.41) is 9.80. The standard InChI is InChI=1S/C14H19ClN4S/c1-4-11(16)7-10-5-6-12(8-13(10)15)20-14-18-17-9(2)19(14)3/h5-6,8,11H,4,7,16H2,1-3H3. The minimum atomic E-state index is 0.160. The van der Waals surface area contributed by atoms with Gasteiger partial charge in [0.1, 0.15) is 5.82 Å². The van der Waals surface area contributed by atoms with Crippen molar-refractivity contribution in [1.29, 1.82) is 0 Å². The highest BCUT2D eigenvalue weighted by Gasteiger charge is 2.10. The van der Waals surface area contributed by atoms with E-state index in [1.165, 1.54) is 0 Å². The molecule has 2 N–H and O–H groups in total. The fourth-order valence-electron chi connectivity index (χ4n) is 1.77. The molecule has 1 aromatic heterocycles. The van der Waals surface area contributed by atoms with Gasteiger partial charge in [-0.2, -0.15) is 0 Å². The molecule has 0 amide bonds. The molecule has 0 fully saturated rings. The lowest BCUT2D eigenvalue weighted by molar-refractivity contribution is 0.646. The summed E-state index contributed by atoms with van der Waals surface area (Å²) in [5.41, 5.74) is 7.07. The van der Waals surface area contributed by atoms with Crippen molar-refractivity contribution in [3.05, 3.63) is 34.6 Å². The minimum absolute atomic E-state index is 0.160. The second-order valence-corrected chi connectivity index (χ2v) is 6.26. The van der Waals surface area contributed by atoms with E-state index in [2.05, 4.69) is 23.2 Å². The zero-order chi connectivity index (χ0) is 14.7. The molecular formula is C14H19ClN4S. The Balaban J connectivity index is 2.15. The Kier molecular flexibility index (Phi) is 5.07. The maximum atomic E-state index is 6.33. The van der Waals surface area contributed by atoms with Crippen LogP contribution in [0.25, 0.3) is 0 Å². The number of halogens is 1. The van der Waals surface area contributed by atoms with Gasteiger partial charge in [-0.15, -0.1) is 10.2 Å². The molecule has 6 heteroatoms. The van der Waals surface area contributed by atoms with Gasteiger partial charge in [0.15, 0.2) is 5.16 Å². The summed E-state index contributed by atoms with van der Waals surface area (Å²) in [5.74, 6) is 0.893. The topological polar surface area (TPSA) is 56.7 Å². The van der Waals surface area contributed by atoms with Crippen molar-refractivity contribution >= 4 is 23.4 Å². The molecule has 1 unspecified atom stereocenters. The molecular weight excluding hydrogens is 292 g/mol. The maximum absolute atomic E-state index is 6.33. The van der Waals surface area contributed by atoms with Gasteiger partial charge >= 0.3 is 0 Å². The molecule has 20 heavy (non-hydrogen) atoms. The van der Waals surface area contributed by atoms with Crippen molar-refractivity contribution in [3.63, 3.8) is 0 Å². The summed E-state index contributed by atoms with van der Waals surface area (Å²) in [7, 11) is 1.95. The molecule has 0 saturated heterocycles. The zero-order valence-corrected chi connectivity index (χ0v) is 13.5. The first kappa shape index (κ1) is 15.4. The molecule has 2 aromatic rings. The van der Waals surface area contributed by atoms with Crippen LogP contribution >= 0.6 is 23.4 Å². The monoisotopic (exact) mass is 310 g/mol. The van der Waals surface area contributed by atoms with Gasteiger partial charge in [0.25, 0.3) is 0 Å². The zero-order valence-electron chi connectivity index (χ0n) is 11.9. The third-order valence-electron chi connectivity index (χ3n) is 3.29. The third kappa shape index (κ3) is 3.53. The molecule has 0 saturated carbocycles. The van der Waals surface area contributed by atoms with E-state index in [1.54, 1.807) is 11.8 Å². The number of nitrogens with zero attached hydrogens (tertiary/aromatic N) is 3. The van der Waals surface area contributed by atoms with Crippen molar-refractivity contribution in [2.45, 2.75) is 42.8 Å². The lowest BCUT2D eigenvalue weighted by atomic mass is 10.1. The lowest BCUT2D eigenvalue weighted by Crippen LogP contribution is -2.21. The van der Waals surface area contributed by atoms with Crippen LogP contribution < -0.4 is 5.73 Å². The largest absolute Gasteiger partial charge is 0.327 e. The minimum Gasteiger partial charge on any atom is -0.327 e. The highest BCUT2D eigenvalue weighted by atomic mass is 35.5. The van der Waals surface area contributed by atoms with E-state index in [1.807, 2.05) is 30.7 Å². The number of nitrogens with two attached hydrogens (primary N) is 1. The van der Waals surface area contributed by atoms with Crippen LogP contribution in [0.1, 0.15) is 24.7 Å². The summed E-state index contributed by atoms with van der Waals surface area (Å²) < 4.78 is 1.96. The Hall–Kier alpha value is -1.04. The lowest BCUT2D eigenvalue weighted by Gasteiger charge is -2.11. The first-order valence-corrected chi connectivity index (χ1v) is 7.78. The molecule has 0 spiro atoms. The van der Waals surface area contributed by atoms with Crippen LogP contribution in [0.15, 0.2) is 28.3 Å². The molecule has 2 rings (SSSR count). The first-order chi connectivity index (χ1) is 9.51. The van der Waals surface area contributed by atoms with E-state index in [9.17, 15) is 0 Å². The predicted molar refractivity (Wildman–Crippen MR) is 83.3 cm³/mol. The molecule has 108 valence electrons. The average molecular weight is 311 g/mol. The summed E-state index contributed by atoms with van der Waals surface area (Å²) in [4.78, 5) is 1.05. The van der Waals surface area contributed by atoms with Gasteiger partial charge in [-0.05, 0) is 49.2 Å². The first-order valence-electron chi connectivity index (χ1n) is 6.59. The number of rotatable bonds is 5. The van der Waals surface area contributed by atoms with Gasteiger partial charge in [-0.1, -0.05) is 24.6 Å². The van der Waals surface area contributed by atoms with Crippen LogP contribution in [0, 0.1) is 6.92 Å². The second kappa shape index (κ2) is 6.61. The average Bonchev–Trinajstić information content (AvgIpc) is 2.73. The fourth-order valence-corrected chi connectivity index (χ4v) is 2.96. The van der Waals surface area contributed by atoms with Crippen molar-refractivity contribution < 1.29 is 0 Å². The van der Waals surface area contributed by atoms with Gasteiger partial charge in [0, 0.05) is 23.0 Å². The number of hydrogen-bond donors (Lipinski definition) is 1. The van der Waals surface area contributed by atoms with E-state index in [-0.39, 0.29) is 6.04 Å². The summed E-state index contributed by atoms with van der Waals surface area (Å²) in [6.07, 6.45) is 1.76. The number of hydrogen-bond acceptors (Lipinski definition) is 4. The van der Waals surface area contributed by atoms with Crippen LogP contribution in [0.4, 0.5) is 0 Å². The summed E-state index contributed by atoms with van der Waals surface area (Å²) >= 11 is 7.89. The number of benzene rings is 1. The van der Waals surface area contributed by atoms with Gasteiger partial charge in [-0.3, -0.25) is 0 Å². The van der Waals surface area contributed by atoms with E-state index < -0.39 is 0 Å². The predicted octanol–water partition coefficient (Wildman–Crippen LogP) is 3.21. The smallest absolute Gasteiger partial charge is 0.195 e.